The minimum Gasteiger partial charge on any atom is -0.398 e. The third kappa shape index (κ3) is 5.42. The lowest BCUT2D eigenvalue weighted by Gasteiger charge is -2.14. The number of alkyl halides is 3. The fourth-order valence-electron chi connectivity index (χ4n) is 2.97. The fraction of sp³-hybridized carbons (Fsp3) is 0.227. The number of anilines is 1. The number of halogens is 3. The summed E-state index contributed by atoms with van der Waals surface area (Å²) in [5, 5.41) is 1.43. The molecule has 2 rings (SSSR count). The van der Waals surface area contributed by atoms with E-state index in [2.05, 4.69) is 18.2 Å². The number of hydrogen-bond donors (Lipinski definition) is 3. The Morgan fingerprint density at radius 1 is 1.33 bits per heavy atom. The van der Waals surface area contributed by atoms with Crippen LogP contribution in [0.15, 0.2) is 83.6 Å². The summed E-state index contributed by atoms with van der Waals surface area (Å²) in [6.45, 7) is 9.59. The molecule has 1 aliphatic heterocycles. The number of nitrogens with two attached hydrogens (primary N) is 3. The van der Waals surface area contributed by atoms with Gasteiger partial charge in [0.05, 0.1) is 12.6 Å². The molecule has 0 spiro atoms. The number of nitrogen functional groups attached to an aromatic ring is 1. The Kier molecular flexibility index (Phi) is 7.28. The van der Waals surface area contributed by atoms with E-state index < -0.39 is 11.9 Å². The standard InChI is InChI=1S/C22H26F3N5/c1-4-6-7-17(21(27)22(23,24)25)14(3)8-11-20-29-19(13-30(20)28)16-10-9-15(5-2)18(26)12-16/h4,6-12,19H,1,3,5,13,26-28H2,2H3/b7-6-,11-8-,21-17+. The molecule has 1 atom stereocenters. The third-order valence-corrected chi connectivity index (χ3v) is 4.66. The van der Waals surface area contributed by atoms with E-state index in [0.29, 0.717) is 18.1 Å². The van der Waals surface area contributed by atoms with Crippen molar-refractivity contribution >= 4 is 11.5 Å². The number of hydrazine groups is 1. The summed E-state index contributed by atoms with van der Waals surface area (Å²) in [6.07, 6.45) is 2.97. The minimum absolute atomic E-state index is 0.0685. The first-order valence-electron chi connectivity index (χ1n) is 9.30. The van der Waals surface area contributed by atoms with Gasteiger partial charge in [-0.05, 0) is 35.3 Å². The predicted molar refractivity (Wildman–Crippen MR) is 116 cm³/mol. The van der Waals surface area contributed by atoms with E-state index in [1.54, 1.807) is 0 Å². The topological polar surface area (TPSA) is 93.7 Å². The Labute approximate surface area is 174 Å². The van der Waals surface area contributed by atoms with Crippen molar-refractivity contribution < 1.29 is 13.2 Å². The highest BCUT2D eigenvalue weighted by Gasteiger charge is 2.34. The average Bonchev–Trinajstić information content (AvgIpc) is 3.06. The van der Waals surface area contributed by atoms with Crippen molar-refractivity contribution in [3.05, 3.63) is 89.7 Å². The second kappa shape index (κ2) is 9.49. The molecular weight excluding hydrogens is 391 g/mol. The summed E-state index contributed by atoms with van der Waals surface area (Å²) >= 11 is 0. The van der Waals surface area contributed by atoms with Gasteiger partial charge < -0.3 is 11.5 Å². The van der Waals surface area contributed by atoms with Gasteiger partial charge in [0.1, 0.15) is 11.5 Å². The summed E-state index contributed by atoms with van der Waals surface area (Å²) in [5.41, 5.74) is 12.6. The molecule has 0 bridgehead atoms. The summed E-state index contributed by atoms with van der Waals surface area (Å²) in [4.78, 5) is 4.55. The van der Waals surface area contributed by atoms with Gasteiger partial charge in [-0.15, -0.1) is 0 Å². The zero-order valence-electron chi connectivity index (χ0n) is 16.8. The predicted octanol–water partition coefficient (Wildman–Crippen LogP) is 4.09. The van der Waals surface area contributed by atoms with Crippen LogP contribution in [-0.2, 0) is 6.42 Å². The molecule has 160 valence electrons. The van der Waals surface area contributed by atoms with E-state index in [9.17, 15) is 13.2 Å². The first-order valence-corrected chi connectivity index (χ1v) is 9.30. The van der Waals surface area contributed by atoms with E-state index >= 15 is 0 Å². The summed E-state index contributed by atoms with van der Waals surface area (Å²) < 4.78 is 39.1. The number of nitrogens with zero attached hydrogens (tertiary/aromatic N) is 2. The zero-order valence-corrected chi connectivity index (χ0v) is 16.8. The van der Waals surface area contributed by atoms with Crippen LogP contribution >= 0.6 is 0 Å². The smallest absolute Gasteiger partial charge is 0.398 e. The molecule has 0 aliphatic carbocycles. The van der Waals surface area contributed by atoms with E-state index in [1.165, 1.54) is 35.4 Å². The SMILES string of the molecule is C=C/C=C\C(C(=C)/C=C\C1=NC(c2ccc(CC)c(N)c2)CN1N)=C(/N)C(F)(F)F. The molecule has 0 saturated heterocycles. The van der Waals surface area contributed by atoms with Crippen LogP contribution in [0, 0.1) is 0 Å². The van der Waals surface area contributed by atoms with Gasteiger partial charge >= 0.3 is 6.18 Å². The Hall–Kier alpha value is -3.26. The van der Waals surface area contributed by atoms with Gasteiger partial charge in [-0.2, -0.15) is 13.2 Å². The number of amidine groups is 1. The Bertz CT molecular complexity index is 939. The number of aryl methyl sites for hydroxylation is 1. The molecule has 0 radical (unpaired) electrons. The molecule has 1 aromatic rings. The molecule has 1 heterocycles. The van der Waals surface area contributed by atoms with Gasteiger partial charge in [-0.25, -0.2) is 5.84 Å². The number of aliphatic imine (C=N–C) groups is 1. The van der Waals surface area contributed by atoms with Crippen molar-refractivity contribution in [3.63, 3.8) is 0 Å². The van der Waals surface area contributed by atoms with Crippen molar-refractivity contribution in [1.82, 2.24) is 5.01 Å². The van der Waals surface area contributed by atoms with E-state index in [1.807, 2.05) is 25.1 Å². The Morgan fingerprint density at radius 3 is 2.60 bits per heavy atom. The molecular formula is C22H26F3N5. The van der Waals surface area contributed by atoms with Gasteiger partial charge in [-0.1, -0.05) is 56.5 Å². The molecule has 8 heteroatoms. The number of allylic oxidation sites excluding steroid dienone is 7. The van der Waals surface area contributed by atoms with Gasteiger partial charge in [0.25, 0.3) is 0 Å². The zero-order chi connectivity index (χ0) is 22.5. The maximum absolute atomic E-state index is 13.0. The van der Waals surface area contributed by atoms with Gasteiger partial charge in [0.15, 0.2) is 0 Å². The maximum Gasteiger partial charge on any atom is 0.431 e. The van der Waals surface area contributed by atoms with Gasteiger partial charge in [0, 0.05) is 11.3 Å². The molecule has 6 N–H and O–H groups in total. The quantitative estimate of drug-likeness (QED) is 0.354. The molecule has 1 unspecified atom stereocenters. The molecule has 5 nitrogen and oxygen atoms in total. The van der Waals surface area contributed by atoms with Gasteiger partial charge in [-0.3, -0.25) is 10.0 Å². The molecule has 1 aromatic carbocycles. The highest BCUT2D eigenvalue weighted by molar-refractivity contribution is 5.94. The second-order valence-corrected chi connectivity index (χ2v) is 6.75. The molecule has 1 aliphatic rings. The lowest BCUT2D eigenvalue weighted by atomic mass is 10.0. The Morgan fingerprint density at radius 2 is 2.03 bits per heavy atom. The molecule has 0 saturated carbocycles. The average molecular weight is 417 g/mol. The van der Waals surface area contributed by atoms with Crippen molar-refractivity contribution in [3.8, 4) is 0 Å². The molecule has 0 amide bonds. The third-order valence-electron chi connectivity index (χ3n) is 4.66. The van der Waals surface area contributed by atoms with Crippen molar-refractivity contribution in [1.29, 1.82) is 0 Å². The highest BCUT2D eigenvalue weighted by Crippen LogP contribution is 2.29. The van der Waals surface area contributed by atoms with Crippen LogP contribution in [0.2, 0.25) is 0 Å². The molecule has 0 aromatic heterocycles. The monoisotopic (exact) mass is 417 g/mol. The van der Waals surface area contributed by atoms with E-state index in [-0.39, 0.29) is 17.2 Å². The minimum atomic E-state index is -4.68. The second-order valence-electron chi connectivity index (χ2n) is 6.75. The van der Waals surface area contributed by atoms with Gasteiger partial charge in [0.2, 0.25) is 0 Å². The summed E-state index contributed by atoms with van der Waals surface area (Å²) in [6, 6.07) is 5.55. The van der Waals surface area contributed by atoms with Crippen molar-refractivity contribution in [2.45, 2.75) is 25.6 Å². The number of benzene rings is 1. The highest BCUT2D eigenvalue weighted by atomic mass is 19.4. The molecule has 0 fully saturated rings. The Balaban J connectivity index is 2.28. The lowest BCUT2D eigenvalue weighted by Crippen LogP contribution is -2.33. The summed E-state index contributed by atoms with van der Waals surface area (Å²) in [7, 11) is 0. The van der Waals surface area contributed by atoms with Crippen LogP contribution in [0.1, 0.15) is 24.1 Å². The normalized spacial score (nSPS) is 18.1. The van der Waals surface area contributed by atoms with Crippen LogP contribution in [0.4, 0.5) is 18.9 Å². The lowest BCUT2D eigenvalue weighted by molar-refractivity contribution is -0.0931. The van der Waals surface area contributed by atoms with E-state index in [4.69, 9.17) is 17.3 Å². The largest absolute Gasteiger partial charge is 0.431 e. The van der Waals surface area contributed by atoms with Crippen LogP contribution in [-0.4, -0.2) is 23.6 Å². The summed E-state index contributed by atoms with van der Waals surface area (Å²) in [5.74, 6) is 6.43. The van der Waals surface area contributed by atoms with Crippen LogP contribution in [0.3, 0.4) is 0 Å². The van der Waals surface area contributed by atoms with Crippen molar-refractivity contribution in [2.75, 3.05) is 12.3 Å². The van der Waals surface area contributed by atoms with Crippen LogP contribution in [0.5, 0.6) is 0 Å². The fourth-order valence-corrected chi connectivity index (χ4v) is 2.97. The molecule has 30 heavy (non-hydrogen) atoms. The van der Waals surface area contributed by atoms with Crippen LogP contribution < -0.4 is 17.3 Å². The first-order chi connectivity index (χ1) is 14.1. The number of hydrogen-bond acceptors (Lipinski definition) is 5. The number of rotatable bonds is 7. The maximum atomic E-state index is 13.0. The van der Waals surface area contributed by atoms with Crippen LogP contribution in [0.25, 0.3) is 0 Å². The van der Waals surface area contributed by atoms with Crippen molar-refractivity contribution in [2.24, 2.45) is 16.6 Å². The van der Waals surface area contributed by atoms with E-state index in [0.717, 1.165) is 17.5 Å². The first kappa shape index (κ1) is 23.0.